The largest absolute Gasteiger partial charge is 0.477 e. The van der Waals surface area contributed by atoms with Gasteiger partial charge in [-0.25, -0.2) is 9.59 Å². The molecular formula is C25H26N4O6. The number of benzene rings is 2. The number of aryl methyl sites for hydroxylation is 1. The first kappa shape index (κ1) is 24.0. The van der Waals surface area contributed by atoms with Gasteiger partial charge in [-0.3, -0.25) is 9.48 Å². The molecule has 3 aromatic rings. The van der Waals surface area contributed by atoms with Gasteiger partial charge in [0.25, 0.3) is 5.91 Å². The number of nitrogens with zero attached hydrogens (tertiary/aromatic N) is 2. The number of nitrogens with one attached hydrogen (secondary N) is 2. The van der Waals surface area contributed by atoms with Crippen LogP contribution in [-0.4, -0.2) is 59.2 Å². The van der Waals surface area contributed by atoms with Gasteiger partial charge in [0.2, 0.25) is 0 Å². The van der Waals surface area contributed by atoms with E-state index >= 15 is 0 Å². The zero-order valence-electron chi connectivity index (χ0n) is 19.4. The van der Waals surface area contributed by atoms with Crippen molar-refractivity contribution >= 4 is 18.0 Å². The highest BCUT2D eigenvalue weighted by molar-refractivity contribution is 5.88. The summed E-state index contributed by atoms with van der Waals surface area (Å²) in [5.74, 6) is -1.72. The molecular weight excluding hydrogens is 452 g/mol. The number of fused-ring (bicyclic) bond motifs is 3. The molecule has 182 valence electrons. The lowest BCUT2D eigenvalue weighted by Gasteiger charge is -2.17. The third-order valence-electron chi connectivity index (χ3n) is 6.02. The van der Waals surface area contributed by atoms with Crippen LogP contribution < -0.4 is 10.6 Å². The summed E-state index contributed by atoms with van der Waals surface area (Å²) in [5.41, 5.74) is 4.81. The van der Waals surface area contributed by atoms with Crippen LogP contribution in [0.25, 0.3) is 11.1 Å². The van der Waals surface area contributed by atoms with Gasteiger partial charge in [-0.15, -0.1) is 0 Å². The van der Waals surface area contributed by atoms with Crippen molar-refractivity contribution in [3.63, 3.8) is 0 Å². The van der Waals surface area contributed by atoms with E-state index in [1.807, 2.05) is 36.4 Å². The molecule has 0 fully saturated rings. The minimum Gasteiger partial charge on any atom is -0.477 e. The number of carbonyl (C=O) groups excluding carboxylic acids is 2. The first-order chi connectivity index (χ1) is 16.9. The number of hydrogen-bond donors (Lipinski definition) is 3. The average Bonchev–Trinajstić information content (AvgIpc) is 3.39. The van der Waals surface area contributed by atoms with E-state index in [0.29, 0.717) is 5.56 Å². The summed E-state index contributed by atoms with van der Waals surface area (Å²) in [7, 11) is 2.85. The van der Waals surface area contributed by atoms with Gasteiger partial charge >= 0.3 is 12.1 Å². The van der Waals surface area contributed by atoms with E-state index in [0.717, 1.165) is 22.3 Å². The number of methoxy groups -OCH3 is 1. The Hall–Kier alpha value is -4.18. The molecule has 35 heavy (non-hydrogen) atoms. The van der Waals surface area contributed by atoms with E-state index < -0.39 is 24.1 Å². The van der Waals surface area contributed by atoms with Crippen LogP contribution in [-0.2, 0) is 27.9 Å². The van der Waals surface area contributed by atoms with Crippen LogP contribution in [0.4, 0.5) is 4.79 Å². The Morgan fingerprint density at radius 1 is 1.06 bits per heavy atom. The van der Waals surface area contributed by atoms with Crippen molar-refractivity contribution in [2.24, 2.45) is 7.05 Å². The van der Waals surface area contributed by atoms with Crippen molar-refractivity contribution in [2.45, 2.75) is 18.6 Å². The molecule has 0 bridgehead atoms. The normalized spacial score (nSPS) is 13.0. The molecule has 1 aromatic heterocycles. The minimum atomic E-state index is -1.14. The van der Waals surface area contributed by atoms with Crippen molar-refractivity contribution in [1.29, 1.82) is 0 Å². The summed E-state index contributed by atoms with van der Waals surface area (Å²) in [5, 5.41) is 18.3. The molecule has 4 rings (SSSR count). The lowest BCUT2D eigenvalue weighted by atomic mass is 9.98. The van der Waals surface area contributed by atoms with Crippen molar-refractivity contribution in [3.8, 4) is 11.1 Å². The molecule has 10 nitrogen and oxygen atoms in total. The Labute approximate surface area is 201 Å². The number of amides is 2. The summed E-state index contributed by atoms with van der Waals surface area (Å²) < 4.78 is 11.9. The third-order valence-corrected chi connectivity index (χ3v) is 6.02. The van der Waals surface area contributed by atoms with Crippen LogP contribution in [0.15, 0.2) is 54.7 Å². The Morgan fingerprint density at radius 3 is 2.29 bits per heavy atom. The molecule has 0 saturated heterocycles. The molecule has 1 heterocycles. The predicted molar refractivity (Wildman–Crippen MR) is 126 cm³/mol. The number of aromatic carboxylic acids is 1. The topological polar surface area (TPSA) is 132 Å². The molecule has 0 radical (unpaired) electrons. The van der Waals surface area contributed by atoms with E-state index in [9.17, 15) is 19.5 Å². The Bertz CT molecular complexity index is 1210. The van der Waals surface area contributed by atoms with Gasteiger partial charge in [0.15, 0.2) is 11.8 Å². The maximum atomic E-state index is 12.5. The lowest BCUT2D eigenvalue weighted by Crippen LogP contribution is -2.44. The quantitative estimate of drug-likeness (QED) is 0.430. The third kappa shape index (κ3) is 5.02. The number of hydrogen-bond acceptors (Lipinski definition) is 6. The highest BCUT2D eigenvalue weighted by Crippen LogP contribution is 2.44. The summed E-state index contributed by atoms with van der Waals surface area (Å²) in [6.07, 6.45) is -0.275. The van der Waals surface area contributed by atoms with E-state index in [1.165, 1.54) is 25.0 Å². The lowest BCUT2D eigenvalue weighted by molar-refractivity contribution is -0.130. The van der Waals surface area contributed by atoms with Crippen molar-refractivity contribution in [2.75, 3.05) is 20.3 Å². The van der Waals surface area contributed by atoms with Crippen molar-refractivity contribution in [3.05, 3.63) is 77.1 Å². The fraction of sp³-hybridized carbons (Fsp3) is 0.280. The first-order valence-electron chi connectivity index (χ1n) is 11.0. The maximum Gasteiger partial charge on any atom is 0.407 e. The molecule has 1 atom stereocenters. The van der Waals surface area contributed by atoms with E-state index in [-0.39, 0.29) is 31.3 Å². The number of rotatable bonds is 9. The average molecular weight is 479 g/mol. The molecule has 2 aromatic carbocycles. The number of aromatic nitrogens is 2. The Morgan fingerprint density at radius 2 is 1.69 bits per heavy atom. The van der Waals surface area contributed by atoms with E-state index in [2.05, 4.69) is 27.9 Å². The number of carbonyl (C=O) groups is 3. The maximum absolute atomic E-state index is 12.5. The Balaban J connectivity index is 1.29. The number of carboxylic acid groups (broad SMARTS) is 1. The van der Waals surface area contributed by atoms with Gasteiger partial charge in [-0.1, -0.05) is 48.5 Å². The molecule has 1 unspecified atom stereocenters. The monoisotopic (exact) mass is 478 g/mol. The zero-order valence-corrected chi connectivity index (χ0v) is 19.4. The second-order valence-electron chi connectivity index (χ2n) is 8.10. The molecule has 0 saturated carbocycles. The van der Waals surface area contributed by atoms with Crippen LogP contribution in [0.5, 0.6) is 0 Å². The predicted octanol–water partition coefficient (Wildman–Crippen LogP) is 2.29. The van der Waals surface area contributed by atoms with Crippen LogP contribution >= 0.6 is 0 Å². The van der Waals surface area contributed by atoms with E-state index in [1.54, 1.807) is 0 Å². The van der Waals surface area contributed by atoms with Gasteiger partial charge in [0.05, 0.1) is 12.7 Å². The molecule has 1 aliphatic rings. The van der Waals surface area contributed by atoms with Crippen LogP contribution in [0.3, 0.4) is 0 Å². The standard InChI is InChI=1S/C25H26N4O6/c1-29-22(24(31)32)15(12-28-29)11-26-23(30)21(34-2)13-27-25(33)35-14-20-18-9-5-3-7-16(18)17-8-4-6-10-19(17)20/h3-10,12,20-21H,11,13-14H2,1-2H3,(H,26,30)(H,27,33)(H,31,32). The summed E-state index contributed by atoms with van der Waals surface area (Å²) in [6.45, 7) is -0.000374. The SMILES string of the molecule is COC(CNC(=O)OCC1c2ccccc2-c2ccccc21)C(=O)NCc1cnn(C)c1C(=O)O. The molecule has 0 aliphatic heterocycles. The number of alkyl carbamates (subject to hydrolysis) is 1. The summed E-state index contributed by atoms with van der Waals surface area (Å²) in [6, 6.07) is 16.1. The number of ether oxygens (including phenoxy) is 2. The molecule has 2 amide bonds. The highest BCUT2D eigenvalue weighted by atomic mass is 16.5. The molecule has 0 spiro atoms. The van der Waals surface area contributed by atoms with Crippen LogP contribution in [0.1, 0.15) is 33.1 Å². The second-order valence-corrected chi connectivity index (χ2v) is 8.10. The second kappa shape index (κ2) is 10.4. The Kier molecular flexibility index (Phi) is 7.11. The fourth-order valence-electron chi connectivity index (χ4n) is 4.29. The molecule has 1 aliphatic carbocycles. The highest BCUT2D eigenvalue weighted by Gasteiger charge is 2.29. The molecule has 10 heteroatoms. The summed E-state index contributed by atoms with van der Waals surface area (Å²) in [4.78, 5) is 36.2. The van der Waals surface area contributed by atoms with Gasteiger partial charge in [0.1, 0.15) is 6.61 Å². The summed E-state index contributed by atoms with van der Waals surface area (Å²) >= 11 is 0. The van der Waals surface area contributed by atoms with Crippen molar-refractivity contribution in [1.82, 2.24) is 20.4 Å². The van der Waals surface area contributed by atoms with Gasteiger partial charge in [-0.2, -0.15) is 5.10 Å². The fourth-order valence-corrected chi connectivity index (χ4v) is 4.29. The van der Waals surface area contributed by atoms with Crippen molar-refractivity contribution < 1.29 is 29.0 Å². The number of carboxylic acids is 1. The van der Waals surface area contributed by atoms with Gasteiger partial charge < -0.3 is 25.2 Å². The van der Waals surface area contributed by atoms with Crippen LogP contribution in [0.2, 0.25) is 0 Å². The minimum absolute atomic E-state index is 0.0176. The van der Waals surface area contributed by atoms with Gasteiger partial charge in [0, 0.05) is 32.2 Å². The molecule has 3 N–H and O–H groups in total. The smallest absolute Gasteiger partial charge is 0.407 e. The van der Waals surface area contributed by atoms with Crippen LogP contribution in [0, 0.1) is 0 Å². The first-order valence-corrected chi connectivity index (χ1v) is 11.0. The zero-order chi connectivity index (χ0) is 24.9. The van der Waals surface area contributed by atoms with Gasteiger partial charge in [-0.05, 0) is 22.3 Å². The van der Waals surface area contributed by atoms with E-state index in [4.69, 9.17) is 9.47 Å².